The molecule has 0 bridgehead atoms. The number of pyridine rings is 1. The van der Waals surface area contributed by atoms with Gasteiger partial charge in [-0.25, -0.2) is 9.37 Å². The van der Waals surface area contributed by atoms with Gasteiger partial charge in [0.1, 0.15) is 5.82 Å². The van der Waals surface area contributed by atoms with Crippen LogP contribution in [0.2, 0.25) is 0 Å². The van der Waals surface area contributed by atoms with E-state index in [2.05, 4.69) is 25.3 Å². The highest BCUT2D eigenvalue weighted by Gasteiger charge is 2.28. The molecule has 2 rings (SSSR count). The van der Waals surface area contributed by atoms with Gasteiger partial charge >= 0.3 is 6.18 Å². The fraction of sp³-hybridized carbons (Fsp3) is 0.294. The maximum atomic E-state index is 13.6. The molecule has 27 heavy (non-hydrogen) atoms. The van der Waals surface area contributed by atoms with Crippen LogP contribution >= 0.6 is 24.0 Å². The van der Waals surface area contributed by atoms with E-state index in [1.165, 1.54) is 18.3 Å². The van der Waals surface area contributed by atoms with Crippen molar-refractivity contribution in [2.75, 3.05) is 13.7 Å². The predicted octanol–water partition coefficient (Wildman–Crippen LogP) is 3.65. The first-order valence-electron chi connectivity index (χ1n) is 7.70. The summed E-state index contributed by atoms with van der Waals surface area (Å²) < 4.78 is 54.7. The zero-order valence-corrected chi connectivity index (χ0v) is 16.7. The number of ether oxygens (including phenoxy) is 1. The minimum Gasteiger partial charge on any atom is -0.468 e. The zero-order valence-electron chi connectivity index (χ0n) is 14.4. The third-order valence-corrected chi connectivity index (χ3v) is 3.27. The summed E-state index contributed by atoms with van der Waals surface area (Å²) in [5.74, 6) is -0.0187. The van der Waals surface area contributed by atoms with Gasteiger partial charge in [-0.2, -0.15) is 13.2 Å². The van der Waals surface area contributed by atoms with Gasteiger partial charge < -0.3 is 15.4 Å². The molecule has 148 valence electrons. The van der Waals surface area contributed by atoms with Crippen molar-refractivity contribution in [2.45, 2.75) is 19.3 Å². The Morgan fingerprint density at radius 3 is 2.52 bits per heavy atom. The fourth-order valence-corrected chi connectivity index (χ4v) is 2.02. The number of guanidine groups is 1. The summed E-state index contributed by atoms with van der Waals surface area (Å²) in [7, 11) is 1.56. The molecule has 10 heteroatoms. The third-order valence-electron chi connectivity index (χ3n) is 3.27. The van der Waals surface area contributed by atoms with Gasteiger partial charge in [0, 0.05) is 38.0 Å². The van der Waals surface area contributed by atoms with Gasteiger partial charge in [0.2, 0.25) is 5.88 Å². The number of rotatable bonds is 6. The van der Waals surface area contributed by atoms with E-state index in [1.807, 2.05) is 0 Å². The fourth-order valence-electron chi connectivity index (χ4n) is 2.02. The number of alkyl halides is 3. The number of aromatic nitrogens is 1. The van der Waals surface area contributed by atoms with Crippen LogP contribution < -0.4 is 15.4 Å². The number of benzene rings is 1. The Bertz CT molecular complexity index is 756. The summed E-state index contributed by atoms with van der Waals surface area (Å²) in [6, 6.07) is 9.40. The van der Waals surface area contributed by atoms with Crippen LogP contribution in [-0.2, 0) is 13.1 Å². The molecule has 0 radical (unpaired) electrons. The smallest absolute Gasteiger partial charge is 0.422 e. The molecular weight excluding hydrogens is 479 g/mol. The Morgan fingerprint density at radius 2 is 1.85 bits per heavy atom. The lowest BCUT2D eigenvalue weighted by Gasteiger charge is -2.13. The molecule has 0 amide bonds. The summed E-state index contributed by atoms with van der Waals surface area (Å²) in [5.41, 5.74) is 1.15. The van der Waals surface area contributed by atoms with Crippen LogP contribution in [0, 0.1) is 5.82 Å². The largest absolute Gasteiger partial charge is 0.468 e. The van der Waals surface area contributed by atoms with Crippen molar-refractivity contribution in [3.8, 4) is 5.88 Å². The Balaban J connectivity index is 0.00000364. The molecule has 0 spiro atoms. The molecule has 0 fully saturated rings. The van der Waals surface area contributed by atoms with Crippen LogP contribution in [0.15, 0.2) is 47.6 Å². The summed E-state index contributed by atoms with van der Waals surface area (Å²) in [5, 5.41) is 5.95. The zero-order chi connectivity index (χ0) is 19.0. The minimum atomic E-state index is -4.42. The monoisotopic (exact) mass is 498 g/mol. The van der Waals surface area contributed by atoms with Crippen molar-refractivity contribution >= 4 is 29.9 Å². The number of halogens is 5. The maximum Gasteiger partial charge on any atom is 0.422 e. The molecule has 5 nitrogen and oxygen atoms in total. The van der Waals surface area contributed by atoms with Gasteiger partial charge in [-0.15, -0.1) is 24.0 Å². The number of nitrogens with zero attached hydrogens (tertiary/aromatic N) is 2. The molecular formula is C17H19F4IN4O. The number of hydrogen-bond acceptors (Lipinski definition) is 3. The van der Waals surface area contributed by atoms with Gasteiger partial charge in [-0.1, -0.05) is 18.2 Å². The molecule has 2 aromatic rings. The normalized spacial score (nSPS) is 11.5. The van der Waals surface area contributed by atoms with Gasteiger partial charge in [0.25, 0.3) is 0 Å². The van der Waals surface area contributed by atoms with Crippen molar-refractivity contribution in [1.29, 1.82) is 0 Å². The molecule has 1 aromatic heterocycles. The van der Waals surface area contributed by atoms with Crippen LogP contribution in [0.1, 0.15) is 11.1 Å². The second-order valence-electron chi connectivity index (χ2n) is 5.28. The van der Waals surface area contributed by atoms with Crippen LogP contribution in [-0.4, -0.2) is 30.8 Å². The first-order chi connectivity index (χ1) is 12.4. The lowest BCUT2D eigenvalue weighted by molar-refractivity contribution is -0.154. The summed E-state index contributed by atoms with van der Waals surface area (Å²) in [4.78, 5) is 7.75. The first kappa shape index (κ1) is 22.9. The van der Waals surface area contributed by atoms with E-state index in [9.17, 15) is 17.6 Å². The molecule has 0 saturated carbocycles. The van der Waals surface area contributed by atoms with E-state index in [0.29, 0.717) is 17.1 Å². The standard InChI is InChI=1S/C17H18F4N4O.HI/c1-22-16(25-10-13-4-2-3-5-14(13)18)24-9-12-6-7-23-15(8-12)26-11-17(19,20)21;/h2-8H,9-11H2,1H3,(H2,22,24,25);1H. The first-order valence-corrected chi connectivity index (χ1v) is 7.70. The van der Waals surface area contributed by atoms with Crippen LogP contribution in [0.3, 0.4) is 0 Å². The van der Waals surface area contributed by atoms with E-state index < -0.39 is 12.8 Å². The molecule has 2 N–H and O–H groups in total. The molecule has 1 aromatic carbocycles. The molecule has 0 aliphatic carbocycles. The quantitative estimate of drug-likeness (QED) is 0.277. The lowest BCUT2D eigenvalue weighted by Crippen LogP contribution is -2.36. The van der Waals surface area contributed by atoms with Crippen molar-refractivity contribution in [1.82, 2.24) is 15.6 Å². The minimum absolute atomic E-state index is 0. The van der Waals surface area contributed by atoms with Crippen molar-refractivity contribution in [2.24, 2.45) is 4.99 Å². The summed E-state index contributed by atoms with van der Waals surface area (Å²) >= 11 is 0. The van der Waals surface area contributed by atoms with E-state index in [1.54, 1.807) is 31.3 Å². The molecule has 0 saturated heterocycles. The second kappa shape index (κ2) is 10.9. The highest BCUT2D eigenvalue weighted by molar-refractivity contribution is 14.0. The van der Waals surface area contributed by atoms with Crippen molar-refractivity contribution < 1.29 is 22.3 Å². The van der Waals surface area contributed by atoms with Crippen molar-refractivity contribution in [3.63, 3.8) is 0 Å². The summed E-state index contributed by atoms with van der Waals surface area (Å²) in [6.45, 7) is -0.882. The van der Waals surface area contributed by atoms with Gasteiger partial charge in [-0.3, -0.25) is 4.99 Å². The van der Waals surface area contributed by atoms with Crippen molar-refractivity contribution in [3.05, 3.63) is 59.5 Å². The average molecular weight is 498 g/mol. The van der Waals surface area contributed by atoms with Gasteiger partial charge in [0.15, 0.2) is 12.6 Å². The van der Waals surface area contributed by atoms with E-state index in [4.69, 9.17) is 0 Å². The van der Waals surface area contributed by atoms with Crippen LogP contribution in [0.4, 0.5) is 17.6 Å². The van der Waals surface area contributed by atoms with Gasteiger partial charge in [0.05, 0.1) is 0 Å². The average Bonchev–Trinajstić information content (AvgIpc) is 2.61. The Kier molecular flexibility index (Phi) is 9.26. The summed E-state index contributed by atoms with van der Waals surface area (Å²) in [6.07, 6.45) is -3.06. The maximum absolute atomic E-state index is 13.6. The Labute approximate surface area is 171 Å². The lowest BCUT2D eigenvalue weighted by atomic mass is 10.2. The SMILES string of the molecule is CN=C(NCc1ccnc(OCC(F)(F)F)c1)NCc1ccccc1F.I. The topological polar surface area (TPSA) is 58.5 Å². The molecule has 0 unspecified atom stereocenters. The third kappa shape index (κ3) is 8.41. The highest BCUT2D eigenvalue weighted by atomic mass is 127. The van der Waals surface area contributed by atoms with E-state index in [0.717, 1.165) is 0 Å². The van der Waals surface area contributed by atoms with E-state index in [-0.39, 0.29) is 48.8 Å². The highest BCUT2D eigenvalue weighted by Crippen LogP contribution is 2.17. The number of nitrogens with one attached hydrogen (secondary N) is 2. The predicted molar refractivity (Wildman–Crippen MR) is 105 cm³/mol. The number of aliphatic imine (C=N–C) groups is 1. The number of hydrogen-bond donors (Lipinski definition) is 2. The van der Waals surface area contributed by atoms with E-state index >= 15 is 0 Å². The Hall–Kier alpha value is -2.11. The van der Waals surface area contributed by atoms with Crippen LogP contribution in [0.5, 0.6) is 5.88 Å². The molecule has 1 heterocycles. The molecule has 0 atom stereocenters. The second-order valence-corrected chi connectivity index (χ2v) is 5.28. The van der Waals surface area contributed by atoms with Gasteiger partial charge in [-0.05, 0) is 17.7 Å². The Morgan fingerprint density at radius 1 is 1.15 bits per heavy atom. The molecule has 0 aliphatic rings. The molecule has 0 aliphatic heterocycles. The van der Waals surface area contributed by atoms with Crippen LogP contribution in [0.25, 0.3) is 0 Å².